The van der Waals surface area contributed by atoms with Crippen LogP contribution >= 0.6 is 0 Å². The van der Waals surface area contributed by atoms with Gasteiger partial charge in [-0.15, -0.1) is 0 Å². The molecule has 0 aliphatic carbocycles. The van der Waals surface area contributed by atoms with Crippen molar-refractivity contribution in [2.45, 2.75) is 13.2 Å². The van der Waals surface area contributed by atoms with Gasteiger partial charge in [-0.05, 0) is 23.3 Å². The lowest BCUT2D eigenvalue weighted by Crippen LogP contribution is -2.00. The first-order valence-electron chi connectivity index (χ1n) is 4.04. The molecule has 0 unspecified atom stereocenters. The van der Waals surface area contributed by atoms with Gasteiger partial charge in [0.15, 0.2) is 0 Å². The maximum atomic E-state index is 10.6. The summed E-state index contributed by atoms with van der Waals surface area (Å²) in [5.41, 5.74) is 1.36. The van der Waals surface area contributed by atoms with E-state index in [4.69, 9.17) is 10.2 Å². The van der Waals surface area contributed by atoms with Gasteiger partial charge in [0, 0.05) is 11.1 Å². The van der Waals surface area contributed by atoms with E-state index in [1.807, 2.05) is 0 Å². The molecule has 0 amide bonds. The first kappa shape index (κ1) is 10.6. The quantitative estimate of drug-likeness (QED) is 0.676. The van der Waals surface area contributed by atoms with E-state index in [1.165, 1.54) is 12.1 Å². The molecule has 0 saturated carbocycles. The zero-order valence-corrected chi connectivity index (χ0v) is 7.43. The standard InChI is InChI=1S/C10H10O4/c11-3-7-1-8(4-12)10(6-14)2-9(7)5-13/h1-4,13-14H,5-6H2. The van der Waals surface area contributed by atoms with E-state index in [2.05, 4.69) is 0 Å². The third-order valence-electron chi connectivity index (χ3n) is 2.00. The van der Waals surface area contributed by atoms with Crippen molar-refractivity contribution in [1.29, 1.82) is 0 Å². The smallest absolute Gasteiger partial charge is 0.150 e. The van der Waals surface area contributed by atoms with Crippen molar-refractivity contribution in [3.63, 3.8) is 0 Å². The van der Waals surface area contributed by atoms with Crippen LogP contribution in [0, 0.1) is 0 Å². The number of hydrogen-bond donors (Lipinski definition) is 2. The fourth-order valence-corrected chi connectivity index (χ4v) is 1.22. The molecule has 0 aliphatic rings. The van der Waals surface area contributed by atoms with Crippen molar-refractivity contribution in [3.8, 4) is 0 Å². The Morgan fingerprint density at radius 3 is 1.64 bits per heavy atom. The first-order valence-corrected chi connectivity index (χ1v) is 4.04. The second kappa shape index (κ2) is 4.64. The Labute approximate surface area is 80.8 Å². The number of aliphatic hydroxyl groups excluding tert-OH is 2. The van der Waals surface area contributed by atoms with Crippen molar-refractivity contribution < 1.29 is 19.8 Å². The lowest BCUT2D eigenvalue weighted by Gasteiger charge is -2.06. The predicted octanol–water partition coefficient (Wildman–Crippen LogP) is 0.296. The molecule has 0 fully saturated rings. The summed E-state index contributed by atoms with van der Waals surface area (Å²) >= 11 is 0. The molecular weight excluding hydrogens is 184 g/mol. The Bertz CT molecular complexity index is 326. The van der Waals surface area contributed by atoms with E-state index in [0.29, 0.717) is 23.7 Å². The molecule has 0 aliphatic heterocycles. The van der Waals surface area contributed by atoms with E-state index >= 15 is 0 Å². The summed E-state index contributed by atoms with van der Waals surface area (Å²) in [5.74, 6) is 0. The maximum Gasteiger partial charge on any atom is 0.150 e. The first-order chi connectivity index (χ1) is 6.76. The van der Waals surface area contributed by atoms with Gasteiger partial charge in [-0.1, -0.05) is 0 Å². The number of aliphatic hydroxyl groups is 2. The molecule has 0 bridgehead atoms. The highest BCUT2D eigenvalue weighted by atomic mass is 16.3. The summed E-state index contributed by atoms with van der Waals surface area (Å²) in [5, 5.41) is 17.8. The molecule has 1 aromatic carbocycles. The monoisotopic (exact) mass is 194 g/mol. The molecule has 4 nitrogen and oxygen atoms in total. The van der Waals surface area contributed by atoms with Crippen molar-refractivity contribution in [3.05, 3.63) is 34.4 Å². The average Bonchev–Trinajstić information content (AvgIpc) is 2.26. The fourth-order valence-electron chi connectivity index (χ4n) is 1.22. The molecule has 74 valence electrons. The minimum atomic E-state index is -0.291. The van der Waals surface area contributed by atoms with Gasteiger partial charge in [0.25, 0.3) is 0 Å². The molecule has 2 N–H and O–H groups in total. The van der Waals surface area contributed by atoms with E-state index in [-0.39, 0.29) is 24.3 Å². The molecule has 4 heteroatoms. The van der Waals surface area contributed by atoms with Crippen LogP contribution in [0.1, 0.15) is 31.8 Å². The molecule has 0 heterocycles. The Kier molecular flexibility index (Phi) is 3.50. The third kappa shape index (κ3) is 1.86. The second-order valence-corrected chi connectivity index (χ2v) is 2.80. The van der Waals surface area contributed by atoms with Crippen LogP contribution < -0.4 is 0 Å². The Balaban J connectivity index is 3.34. The number of carbonyl (C=O) groups is 2. The molecule has 14 heavy (non-hydrogen) atoms. The Hall–Kier alpha value is -1.52. The molecule has 0 aromatic heterocycles. The van der Waals surface area contributed by atoms with Crippen LogP contribution in [0.4, 0.5) is 0 Å². The van der Waals surface area contributed by atoms with Gasteiger partial charge < -0.3 is 10.2 Å². The zero-order valence-electron chi connectivity index (χ0n) is 7.43. The van der Waals surface area contributed by atoms with Gasteiger partial charge in [-0.25, -0.2) is 0 Å². The second-order valence-electron chi connectivity index (χ2n) is 2.80. The lowest BCUT2D eigenvalue weighted by atomic mass is 10.0. The average molecular weight is 194 g/mol. The SMILES string of the molecule is O=Cc1cc(C=O)c(CO)cc1CO. The van der Waals surface area contributed by atoms with Gasteiger partial charge in [-0.3, -0.25) is 9.59 Å². The van der Waals surface area contributed by atoms with Gasteiger partial charge in [0.1, 0.15) is 12.6 Å². The number of hydrogen-bond acceptors (Lipinski definition) is 4. The van der Waals surface area contributed by atoms with Crippen LogP contribution in [0.3, 0.4) is 0 Å². The van der Waals surface area contributed by atoms with Crippen molar-refractivity contribution in [1.82, 2.24) is 0 Å². The van der Waals surface area contributed by atoms with Gasteiger partial charge in [-0.2, -0.15) is 0 Å². The zero-order chi connectivity index (χ0) is 10.6. The molecule has 0 saturated heterocycles. The minimum Gasteiger partial charge on any atom is -0.392 e. The highest BCUT2D eigenvalue weighted by molar-refractivity contribution is 5.85. The van der Waals surface area contributed by atoms with E-state index in [0.717, 1.165) is 0 Å². The van der Waals surface area contributed by atoms with Crippen LogP contribution in [0.2, 0.25) is 0 Å². The van der Waals surface area contributed by atoms with Crippen molar-refractivity contribution >= 4 is 12.6 Å². The van der Waals surface area contributed by atoms with Crippen molar-refractivity contribution in [2.24, 2.45) is 0 Å². The van der Waals surface area contributed by atoms with Crippen LogP contribution in [0.15, 0.2) is 12.1 Å². The Morgan fingerprint density at radius 1 is 0.929 bits per heavy atom. The normalized spacial score (nSPS) is 9.86. The molecular formula is C10H10O4. The topological polar surface area (TPSA) is 74.6 Å². The third-order valence-corrected chi connectivity index (χ3v) is 2.00. The summed E-state index contributed by atoms with van der Waals surface area (Å²) in [7, 11) is 0. The largest absolute Gasteiger partial charge is 0.392 e. The number of carbonyl (C=O) groups excluding carboxylic acids is 2. The van der Waals surface area contributed by atoms with Crippen LogP contribution in [-0.4, -0.2) is 22.8 Å². The Morgan fingerprint density at radius 2 is 1.36 bits per heavy atom. The highest BCUT2D eigenvalue weighted by Crippen LogP contribution is 2.15. The van der Waals surface area contributed by atoms with Gasteiger partial charge in [0.05, 0.1) is 13.2 Å². The van der Waals surface area contributed by atoms with Gasteiger partial charge in [0.2, 0.25) is 0 Å². The van der Waals surface area contributed by atoms with E-state index < -0.39 is 0 Å². The van der Waals surface area contributed by atoms with E-state index in [9.17, 15) is 9.59 Å². The highest BCUT2D eigenvalue weighted by Gasteiger charge is 2.07. The van der Waals surface area contributed by atoms with Crippen molar-refractivity contribution in [2.75, 3.05) is 0 Å². The number of aldehydes is 2. The molecule has 0 radical (unpaired) electrons. The van der Waals surface area contributed by atoms with Crippen LogP contribution in [0.25, 0.3) is 0 Å². The fraction of sp³-hybridized carbons (Fsp3) is 0.200. The summed E-state index contributed by atoms with van der Waals surface area (Å²) in [4.78, 5) is 21.1. The number of benzene rings is 1. The summed E-state index contributed by atoms with van der Waals surface area (Å²) in [6.45, 7) is -0.583. The molecule has 0 spiro atoms. The molecule has 1 rings (SSSR count). The summed E-state index contributed by atoms with van der Waals surface area (Å²) in [6, 6.07) is 2.81. The maximum absolute atomic E-state index is 10.6. The van der Waals surface area contributed by atoms with Crippen LogP contribution in [-0.2, 0) is 13.2 Å². The van der Waals surface area contributed by atoms with E-state index in [1.54, 1.807) is 0 Å². The number of rotatable bonds is 4. The molecule has 0 atom stereocenters. The lowest BCUT2D eigenvalue weighted by molar-refractivity contribution is 0.112. The minimum absolute atomic E-state index is 0.270. The van der Waals surface area contributed by atoms with Gasteiger partial charge >= 0.3 is 0 Å². The molecule has 1 aromatic rings. The summed E-state index contributed by atoms with van der Waals surface area (Å²) in [6.07, 6.45) is 1.14. The summed E-state index contributed by atoms with van der Waals surface area (Å²) < 4.78 is 0. The van der Waals surface area contributed by atoms with Crippen LogP contribution in [0.5, 0.6) is 0 Å². The predicted molar refractivity (Wildman–Crippen MR) is 49.1 cm³/mol.